The lowest BCUT2D eigenvalue weighted by atomic mass is 10.0. The Hall–Kier alpha value is -1.68. The standard InChI is InChI=1S/C17H12Cl3NO2/c18-10-2-5-15-12(8-10)11(3-6-16(22)23)17(21-15)9-1-4-13(19)14(20)7-9/h1-2,4-5,7-8,21H,3,6H2,(H,22,23). The van der Waals surface area contributed by atoms with Crippen molar-refractivity contribution in [3.05, 3.63) is 57.0 Å². The molecule has 3 nitrogen and oxygen atoms in total. The van der Waals surface area contributed by atoms with E-state index in [9.17, 15) is 4.79 Å². The van der Waals surface area contributed by atoms with Crippen molar-refractivity contribution < 1.29 is 9.90 Å². The summed E-state index contributed by atoms with van der Waals surface area (Å²) in [5, 5.41) is 11.5. The van der Waals surface area contributed by atoms with Crippen molar-refractivity contribution in [2.24, 2.45) is 0 Å². The fraction of sp³-hybridized carbons (Fsp3) is 0.118. The van der Waals surface area contributed by atoms with Crippen molar-refractivity contribution in [2.45, 2.75) is 12.8 Å². The van der Waals surface area contributed by atoms with Gasteiger partial charge in [-0.25, -0.2) is 0 Å². The van der Waals surface area contributed by atoms with E-state index >= 15 is 0 Å². The molecule has 0 fully saturated rings. The summed E-state index contributed by atoms with van der Waals surface area (Å²) in [7, 11) is 0. The maximum absolute atomic E-state index is 11.0. The van der Waals surface area contributed by atoms with E-state index in [0.29, 0.717) is 21.5 Å². The summed E-state index contributed by atoms with van der Waals surface area (Å²) in [5.41, 5.74) is 3.49. The predicted octanol–water partition coefficient (Wildman–Crippen LogP) is 5.81. The van der Waals surface area contributed by atoms with Crippen molar-refractivity contribution in [3.63, 3.8) is 0 Å². The van der Waals surface area contributed by atoms with Gasteiger partial charge in [0.1, 0.15) is 0 Å². The van der Waals surface area contributed by atoms with Crippen LogP contribution in [0, 0.1) is 0 Å². The molecule has 0 amide bonds. The van der Waals surface area contributed by atoms with E-state index in [0.717, 1.165) is 27.7 Å². The summed E-state index contributed by atoms with van der Waals surface area (Å²) >= 11 is 18.2. The van der Waals surface area contributed by atoms with Crippen LogP contribution in [0.2, 0.25) is 15.1 Å². The minimum Gasteiger partial charge on any atom is -0.481 e. The van der Waals surface area contributed by atoms with Gasteiger partial charge in [-0.3, -0.25) is 4.79 Å². The number of carbonyl (C=O) groups is 1. The van der Waals surface area contributed by atoms with Crippen LogP contribution in [-0.4, -0.2) is 16.1 Å². The maximum atomic E-state index is 11.0. The Morgan fingerprint density at radius 2 is 1.83 bits per heavy atom. The average molecular weight is 369 g/mol. The van der Waals surface area contributed by atoms with Gasteiger partial charge in [0.05, 0.1) is 10.0 Å². The molecule has 23 heavy (non-hydrogen) atoms. The van der Waals surface area contributed by atoms with Gasteiger partial charge in [-0.2, -0.15) is 0 Å². The number of hydrogen-bond donors (Lipinski definition) is 2. The molecule has 0 saturated carbocycles. The largest absolute Gasteiger partial charge is 0.481 e. The van der Waals surface area contributed by atoms with Crippen LogP contribution in [0.25, 0.3) is 22.2 Å². The molecule has 0 bridgehead atoms. The lowest BCUT2D eigenvalue weighted by molar-refractivity contribution is -0.136. The van der Waals surface area contributed by atoms with Crippen LogP contribution >= 0.6 is 34.8 Å². The van der Waals surface area contributed by atoms with Crippen LogP contribution in [0.4, 0.5) is 0 Å². The lowest BCUT2D eigenvalue weighted by Crippen LogP contribution is -1.98. The molecule has 0 aliphatic heterocycles. The topological polar surface area (TPSA) is 53.1 Å². The molecule has 1 heterocycles. The summed E-state index contributed by atoms with van der Waals surface area (Å²) < 4.78 is 0. The van der Waals surface area contributed by atoms with Crippen LogP contribution in [0.1, 0.15) is 12.0 Å². The fourth-order valence-corrected chi connectivity index (χ4v) is 3.08. The Morgan fingerprint density at radius 3 is 2.52 bits per heavy atom. The number of carboxylic acids is 1. The summed E-state index contributed by atoms with van der Waals surface area (Å²) in [6.45, 7) is 0. The molecule has 0 atom stereocenters. The van der Waals surface area contributed by atoms with Crippen molar-refractivity contribution in [2.75, 3.05) is 0 Å². The number of fused-ring (bicyclic) bond motifs is 1. The quantitative estimate of drug-likeness (QED) is 0.610. The number of hydrogen-bond acceptors (Lipinski definition) is 1. The highest BCUT2D eigenvalue weighted by molar-refractivity contribution is 6.42. The minimum absolute atomic E-state index is 0.0355. The summed E-state index contributed by atoms with van der Waals surface area (Å²) in [6, 6.07) is 10.8. The SMILES string of the molecule is O=C(O)CCc1c(-c2ccc(Cl)c(Cl)c2)[nH]c2ccc(Cl)cc12. The van der Waals surface area contributed by atoms with Crippen LogP contribution < -0.4 is 0 Å². The monoisotopic (exact) mass is 367 g/mol. The maximum Gasteiger partial charge on any atom is 0.303 e. The fourth-order valence-electron chi connectivity index (χ4n) is 2.61. The molecule has 1 aromatic heterocycles. The molecule has 0 aliphatic rings. The highest BCUT2D eigenvalue weighted by atomic mass is 35.5. The van der Waals surface area contributed by atoms with E-state index < -0.39 is 5.97 Å². The number of carboxylic acid groups (broad SMARTS) is 1. The highest BCUT2D eigenvalue weighted by Gasteiger charge is 2.15. The molecule has 0 unspecified atom stereocenters. The molecule has 2 N–H and O–H groups in total. The first kappa shape index (κ1) is 16.2. The van der Waals surface area contributed by atoms with E-state index in [1.54, 1.807) is 18.2 Å². The molecule has 3 aromatic rings. The summed E-state index contributed by atoms with van der Waals surface area (Å²) in [5.74, 6) is -0.846. The number of benzene rings is 2. The van der Waals surface area contributed by atoms with Crippen LogP contribution in [0.15, 0.2) is 36.4 Å². The first-order valence-electron chi connectivity index (χ1n) is 6.93. The zero-order valence-corrected chi connectivity index (χ0v) is 14.1. The summed E-state index contributed by atoms with van der Waals surface area (Å²) in [6.07, 6.45) is 0.430. The summed E-state index contributed by atoms with van der Waals surface area (Å²) in [4.78, 5) is 14.3. The second-order valence-electron chi connectivity index (χ2n) is 5.19. The number of halogens is 3. The third-order valence-corrected chi connectivity index (χ3v) is 4.64. The molecular formula is C17H12Cl3NO2. The minimum atomic E-state index is -0.846. The number of aliphatic carboxylic acids is 1. The Balaban J connectivity index is 2.19. The Labute approximate surface area is 147 Å². The van der Waals surface area contributed by atoms with E-state index in [2.05, 4.69) is 4.98 Å². The molecule has 0 aliphatic carbocycles. The second kappa shape index (κ2) is 6.44. The predicted molar refractivity (Wildman–Crippen MR) is 94.7 cm³/mol. The van der Waals surface area contributed by atoms with Gasteiger partial charge in [0.25, 0.3) is 0 Å². The highest BCUT2D eigenvalue weighted by Crippen LogP contribution is 2.35. The van der Waals surface area contributed by atoms with E-state index in [1.165, 1.54) is 0 Å². The molecule has 0 spiro atoms. The number of aromatic amines is 1. The Bertz CT molecular complexity index is 902. The van der Waals surface area contributed by atoms with Gasteiger partial charge in [-0.05, 0) is 47.9 Å². The van der Waals surface area contributed by atoms with Gasteiger partial charge in [0.2, 0.25) is 0 Å². The van der Waals surface area contributed by atoms with Gasteiger partial charge >= 0.3 is 5.97 Å². The number of H-pyrrole nitrogens is 1. The number of aryl methyl sites for hydroxylation is 1. The molecule has 6 heteroatoms. The lowest BCUT2D eigenvalue weighted by Gasteiger charge is -2.06. The van der Waals surface area contributed by atoms with E-state index in [4.69, 9.17) is 39.9 Å². The normalized spacial score (nSPS) is 11.1. The number of nitrogens with one attached hydrogen (secondary N) is 1. The third kappa shape index (κ3) is 3.32. The zero-order chi connectivity index (χ0) is 16.6. The molecule has 118 valence electrons. The van der Waals surface area contributed by atoms with Crippen LogP contribution in [-0.2, 0) is 11.2 Å². The second-order valence-corrected chi connectivity index (χ2v) is 6.44. The zero-order valence-electron chi connectivity index (χ0n) is 11.9. The van der Waals surface area contributed by atoms with Gasteiger partial charge < -0.3 is 10.1 Å². The number of aromatic nitrogens is 1. The first-order valence-corrected chi connectivity index (χ1v) is 8.06. The molecule has 0 radical (unpaired) electrons. The Morgan fingerprint density at radius 1 is 1.04 bits per heavy atom. The third-order valence-electron chi connectivity index (χ3n) is 3.67. The van der Waals surface area contributed by atoms with Crippen molar-refractivity contribution in [3.8, 4) is 11.3 Å². The van der Waals surface area contributed by atoms with E-state index in [1.807, 2.05) is 18.2 Å². The molecule has 3 rings (SSSR count). The van der Waals surface area contributed by atoms with Crippen molar-refractivity contribution in [1.82, 2.24) is 4.98 Å². The smallest absolute Gasteiger partial charge is 0.303 e. The van der Waals surface area contributed by atoms with Crippen molar-refractivity contribution >= 4 is 51.7 Å². The molecule has 2 aromatic carbocycles. The molecular weight excluding hydrogens is 357 g/mol. The molecule has 0 saturated heterocycles. The van der Waals surface area contributed by atoms with Crippen molar-refractivity contribution in [1.29, 1.82) is 0 Å². The average Bonchev–Trinajstić information content (AvgIpc) is 2.85. The Kier molecular flexibility index (Phi) is 4.53. The van der Waals surface area contributed by atoms with E-state index in [-0.39, 0.29) is 6.42 Å². The van der Waals surface area contributed by atoms with Crippen LogP contribution in [0.5, 0.6) is 0 Å². The van der Waals surface area contributed by atoms with Crippen LogP contribution in [0.3, 0.4) is 0 Å². The number of rotatable bonds is 4. The van der Waals surface area contributed by atoms with Gasteiger partial charge in [-0.15, -0.1) is 0 Å². The van der Waals surface area contributed by atoms with Gasteiger partial charge in [-0.1, -0.05) is 40.9 Å². The van der Waals surface area contributed by atoms with Gasteiger partial charge in [0.15, 0.2) is 0 Å². The first-order chi connectivity index (χ1) is 11.0. The van der Waals surface area contributed by atoms with Gasteiger partial charge in [0, 0.05) is 28.0 Å².